The standard InChI is InChI=1S/C14H21NO3S/c1-2-14(7-4-8-14)11-15-19(17,18)13-6-3-5-12(9-13)10-16/h3,5-6,9,15-16H,2,4,7-8,10-11H2,1H3. The van der Waals surface area contributed by atoms with E-state index in [4.69, 9.17) is 5.11 Å². The number of hydrogen-bond acceptors (Lipinski definition) is 3. The lowest BCUT2D eigenvalue weighted by Gasteiger charge is -2.41. The molecule has 2 rings (SSSR count). The SMILES string of the molecule is CCC1(CNS(=O)(=O)c2cccc(CO)c2)CCC1. The molecular formula is C14H21NO3S. The lowest BCUT2D eigenvalue weighted by molar-refractivity contribution is 0.133. The van der Waals surface area contributed by atoms with E-state index in [9.17, 15) is 8.42 Å². The third-order valence-corrected chi connectivity index (χ3v) is 5.59. The molecule has 19 heavy (non-hydrogen) atoms. The number of sulfonamides is 1. The number of aliphatic hydroxyl groups excluding tert-OH is 1. The highest BCUT2D eigenvalue weighted by Crippen LogP contribution is 2.43. The molecule has 0 aliphatic heterocycles. The van der Waals surface area contributed by atoms with Gasteiger partial charge in [-0.05, 0) is 42.4 Å². The lowest BCUT2D eigenvalue weighted by atomic mass is 9.67. The molecule has 0 amide bonds. The van der Waals surface area contributed by atoms with Crippen molar-refractivity contribution in [3.8, 4) is 0 Å². The first-order valence-corrected chi connectivity index (χ1v) is 8.19. The first-order chi connectivity index (χ1) is 9.01. The van der Waals surface area contributed by atoms with Crippen molar-refractivity contribution >= 4 is 10.0 Å². The summed E-state index contributed by atoms with van der Waals surface area (Å²) < 4.78 is 27.1. The van der Waals surface area contributed by atoms with Gasteiger partial charge in [-0.25, -0.2) is 13.1 Å². The Kier molecular flexibility index (Phi) is 4.28. The molecular weight excluding hydrogens is 262 g/mol. The third kappa shape index (κ3) is 3.16. The van der Waals surface area contributed by atoms with Gasteiger partial charge in [0.15, 0.2) is 0 Å². The van der Waals surface area contributed by atoms with E-state index in [1.807, 2.05) is 0 Å². The quantitative estimate of drug-likeness (QED) is 0.839. The fourth-order valence-electron chi connectivity index (χ4n) is 2.47. The number of hydrogen-bond donors (Lipinski definition) is 2. The summed E-state index contributed by atoms with van der Waals surface area (Å²) in [5.74, 6) is 0. The van der Waals surface area contributed by atoms with Gasteiger partial charge >= 0.3 is 0 Å². The van der Waals surface area contributed by atoms with Crippen LogP contribution in [0.1, 0.15) is 38.2 Å². The van der Waals surface area contributed by atoms with Crippen molar-refractivity contribution in [1.82, 2.24) is 4.72 Å². The van der Waals surface area contributed by atoms with E-state index in [0.29, 0.717) is 12.1 Å². The summed E-state index contributed by atoms with van der Waals surface area (Å²) in [5.41, 5.74) is 0.763. The van der Waals surface area contributed by atoms with E-state index >= 15 is 0 Å². The van der Waals surface area contributed by atoms with Gasteiger partial charge in [0, 0.05) is 6.54 Å². The maximum absolute atomic E-state index is 12.2. The molecule has 2 N–H and O–H groups in total. The van der Waals surface area contributed by atoms with Crippen molar-refractivity contribution in [2.45, 2.75) is 44.1 Å². The van der Waals surface area contributed by atoms with Gasteiger partial charge in [-0.2, -0.15) is 0 Å². The maximum Gasteiger partial charge on any atom is 0.240 e. The van der Waals surface area contributed by atoms with Gasteiger partial charge < -0.3 is 5.11 Å². The highest BCUT2D eigenvalue weighted by atomic mass is 32.2. The average Bonchev–Trinajstić information content (AvgIpc) is 2.38. The first kappa shape index (κ1) is 14.5. The molecule has 0 heterocycles. The largest absolute Gasteiger partial charge is 0.392 e. The summed E-state index contributed by atoms with van der Waals surface area (Å²) in [6.07, 6.45) is 4.40. The molecule has 1 aliphatic rings. The molecule has 1 aliphatic carbocycles. The zero-order valence-corrected chi connectivity index (χ0v) is 12.0. The topological polar surface area (TPSA) is 66.4 Å². The second kappa shape index (κ2) is 5.61. The van der Waals surface area contributed by atoms with E-state index in [2.05, 4.69) is 11.6 Å². The van der Waals surface area contributed by atoms with Crippen LogP contribution in [0.3, 0.4) is 0 Å². The molecule has 1 fully saturated rings. The minimum atomic E-state index is -3.47. The molecule has 1 saturated carbocycles. The third-order valence-electron chi connectivity index (χ3n) is 4.19. The Morgan fingerprint density at radius 1 is 1.37 bits per heavy atom. The first-order valence-electron chi connectivity index (χ1n) is 6.71. The number of rotatable bonds is 6. The van der Waals surface area contributed by atoms with Crippen molar-refractivity contribution in [2.24, 2.45) is 5.41 Å². The number of nitrogens with one attached hydrogen (secondary N) is 1. The van der Waals surface area contributed by atoms with Crippen LogP contribution in [0.2, 0.25) is 0 Å². The van der Waals surface area contributed by atoms with Gasteiger partial charge in [-0.1, -0.05) is 25.5 Å². The van der Waals surface area contributed by atoms with E-state index in [-0.39, 0.29) is 16.9 Å². The van der Waals surface area contributed by atoms with Crippen LogP contribution in [0.25, 0.3) is 0 Å². The molecule has 0 radical (unpaired) electrons. The van der Waals surface area contributed by atoms with Gasteiger partial charge in [0.2, 0.25) is 10.0 Å². The Hall–Kier alpha value is -0.910. The summed E-state index contributed by atoms with van der Waals surface area (Å²) in [4.78, 5) is 0.227. The van der Waals surface area contributed by atoms with Crippen LogP contribution in [0.4, 0.5) is 0 Å². The van der Waals surface area contributed by atoms with Crippen molar-refractivity contribution in [2.75, 3.05) is 6.54 Å². The zero-order chi connectivity index (χ0) is 13.9. The normalized spacial score (nSPS) is 18.0. The molecule has 1 aromatic rings. The molecule has 0 bridgehead atoms. The van der Waals surface area contributed by atoms with Crippen molar-refractivity contribution in [3.05, 3.63) is 29.8 Å². The Morgan fingerprint density at radius 3 is 2.63 bits per heavy atom. The number of aliphatic hydroxyl groups is 1. The zero-order valence-electron chi connectivity index (χ0n) is 11.2. The van der Waals surface area contributed by atoms with Crippen LogP contribution in [0.15, 0.2) is 29.2 Å². The molecule has 0 aromatic heterocycles. The summed E-state index contributed by atoms with van der Waals surface area (Å²) in [5, 5.41) is 9.06. The molecule has 106 valence electrons. The fourth-order valence-corrected chi connectivity index (χ4v) is 3.70. The average molecular weight is 283 g/mol. The molecule has 5 heteroatoms. The molecule has 0 saturated heterocycles. The van der Waals surface area contributed by atoms with Gasteiger partial charge in [-0.15, -0.1) is 0 Å². The van der Waals surface area contributed by atoms with Crippen molar-refractivity contribution in [3.63, 3.8) is 0 Å². The highest BCUT2D eigenvalue weighted by molar-refractivity contribution is 7.89. The van der Waals surface area contributed by atoms with Gasteiger partial charge in [0.05, 0.1) is 11.5 Å². The molecule has 0 spiro atoms. The summed E-state index contributed by atoms with van der Waals surface area (Å²) >= 11 is 0. The Bertz CT molecular complexity index is 530. The van der Waals surface area contributed by atoms with Crippen LogP contribution >= 0.6 is 0 Å². The smallest absolute Gasteiger partial charge is 0.240 e. The highest BCUT2D eigenvalue weighted by Gasteiger charge is 2.36. The van der Waals surface area contributed by atoms with Crippen molar-refractivity contribution in [1.29, 1.82) is 0 Å². The van der Waals surface area contributed by atoms with Gasteiger partial charge in [0.25, 0.3) is 0 Å². The van der Waals surface area contributed by atoms with Crippen LogP contribution in [0.5, 0.6) is 0 Å². The molecule has 4 nitrogen and oxygen atoms in total. The Labute approximate surface area is 114 Å². The monoisotopic (exact) mass is 283 g/mol. The Balaban J connectivity index is 2.09. The van der Waals surface area contributed by atoms with Crippen molar-refractivity contribution < 1.29 is 13.5 Å². The maximum atomic E-state index is 12.2. The van der Waals surface area contributed by atoms with E-state index < -0.39 is 10.0 Å². The van der Waals surface area contributed by atoms with Gasteiger partial charge in [0.1, 0.15) is 0 Å². The van der Waals surface area contributed by atoms with E-state index in [1.165, 1.54) is 12.5 Å². The van der Waals surface area contributed by atoms with Crippen LogP contribution in [0, 0.1) is 5.41 Å². The van der Waals surface area contributed by atoms with Crippen LogP contribution < -0.4 is 4.72 Å². The second-order valence-corrected chi connectivity index (χ2v) is 7.10. The number of benzene rings is 1. The summed E-state index contributed by atoms with van der Waals surface area (Å²) in [6.45, 7) is 2.47. The predicted molar refractivity (Wildman–Crippen MR) is 74.1 cm³/mol. The molecule has 0 atom stereocenters. The predicted octanol–water partition coefficient (Wildman–Crippen LogP) is 2.04. The fraction of sp³-hybridized carbons (Fsp3) is 0.571. The molecule has 0 unspecified atom stereocenters. The van der Waals surface area contributed by atoms with E-state index in [1.54, 1.807) is 18.2 Å². The summed E-state index contributed by atoms with van der Waals surface area (Å²) in [7, 11) is -3.47. The van der Waals surface area contributed by atoms with Crippen LogP contribution in [-0.4, -0.2) is 20.1 Å². The van der Waals surface area contributed by atoms with E-state index in [0.717, 1.165) is 19.3 Å². The Morgan fingerprint density at radius 2 is 2.11 bits per heavy atom. The molecule has 1 aromatic carbocycles. The van der Waals surface area contributed by atoms with Crippen LogP contribution in [-0.2, 0) is 16.6 Å². The summed E-state index contributed by atoms with van der Waals surface area (Å²) in [6, 6.07) is 6.43. The lowest BCUT2D eigenvalue weighted by Crippen LogP contribution is -2.41. The minimum Gasteiger partial charge on any atom is -0.392 e. The minimum absolute atomic E-state index is 0.151. The second-order valence-electron chi connectivity index (χ2n) is 5.34. The van der Waals surface area contributed by atoms with Gasteiger partial charge in [-0.3, -0.25) is 0 Å².